The Kier molecular flexibility index (Phi) is 7.10. The summed E-state index contributed by atoms with van der Waals surface area (Å²) in [5.41, 5.74) is 8.21. The molecule has 1 atom stereocenters. The van der Waals surface area contributed by atoms with E-state index in [9.17, 15) is 0 Å². The van der Waals surface area contributed by atoms with Crippen molar-refractivity contribution in [2.75, 3.05) is 13.7 Å². The van der Waals surface area contributed by atoms with Gasteiger partial charge in [-0.25, -0.2) is 9.97 Å². The van der Waals surface area contributed by atoms with Crippen molar-refractivity contribution in [1.82, 2.24) is 15.3 Å². The molecule has 0 saturated carbocycles. The van der Waals surface area contributed by atoms with Gasteiger partial charge >= 0.3 is 0 Å². The Morgan fingerprint density at radius 2 is 1.75 bits per heavy atom. The lowest BCUT2D eigenvalue weighted by Crippen LogP contribution is -2.28. The molecule has 0 amide bonds. The molecule has 0 spiro atoms. The molecule has 36 heavy (non-hydrogen) atoms. The molecule has 5 heteroatoms. The number of rotatable bonds is 7. The van der Waals surface area contributed by atoms with E-state index in [1.165, 1.54) is 22.3 Å². The Labute approximate surface area is 212 Å². The summed E-state index contributed by atoms with van der Waals surface area (Å²) in [7, 11) is 1.70. The van der Waals surface area contributed by atoms with E-state index in [0.717, 1.165) is 47.0 Å². The van der Waals surface area contributed by atoms with Gasteiger partial charge in [0.25, 0.3) is 0 Å². The summed E-state index contributed by atoms with van der Waals surface area (Å²) in [4.78, 5) is 8.64. The predicted octanol–water partition coefficient (Wildman–Crippen LogP) is 6.25. The van der Waals surface area contributed by atoms with Crippen LogP contribution in [-0.4, -0.2) is 23.6 Å². The maximum Gasteiger partial charge on any atom is 0.161 e. The number of hydrogen-bond acceptors (Lipinski definition) is 5. The normalized spacial score (nSPS) is 15.0. The SMILES string of the molecule is COc1cc2c(cc1OCc1ccccc1)CCNC2/C=C/c1ccc(-c2cnc(C)nc2)cc1C. The zero-order chi connectivity index (χ0) is 24.9. The van der Waals surface area contributed by atoms with E-state index in [1.54, 1.807) is 7.11 Å². The molecule has 1 aromatic heterocycles. The van der Waals surface area contributed by atoms with Crippen LogP contribution in [-0.2, 0) is 13.0 Å². The first-order valence-corrected chi connectivity index (χ1v) is 12.3. The van der Waals surface area contributed by atoms with Crippen LogP contribution >= 0.6 is 0 Å². The molecule has 1 aliphatic rings. The first-order valence-electron chi connectivity index (χ1n) is 12.3. The number of methoxy groups -OCH3 is 1. The van der Waals surface area contributed by atoms with Gasteiger partial charge in [0.2, 0.25) is 0 Å². The van der Waals surface area contributed by atoms with Crippen LogP contribution in [0, 0.1) is 13.8 Å². The molecule has 0 fully saturated rings. The van der Waals surface area contributed by atoms with E-state index in [4.69, 9.17) is 9.47 Å². The quantitative estimate of drug-likeness (QED) is 0.341. The highest BCUT2D eigenvalue weighted by Gasteiger charge is 2.21. The lowest BCUT2D eigenvalue weighted by Gasteiger charge is -2.26. The van der Waals surface area contributed by atoms with Crippen molar-refractivity contribution >= 4 is 6.08 Å². The van der Waals surface area contributed by atoms with Gasteiger partial charge in [0, 0.05) is 24.5 Å². The molecule has 0 aliphatic carbocycles. The monoisotopic (exact) mass is 477 g/mol. The van der Waals surface area contributed by atoms with Gasteiger partial charge < -0.3 is 14.8 Å². The van der Waals surface area contributed by atoms with E-state index in [0.29, 0.717) is 6.61 Å². The Hall–Kier alpha value is -3.96. The maximum atomic E-state index is 6.14. The molecule has 0 radical (unpaired) electrons. The van der Waals surface area contributed by atoms with E-state index in [1.807, 2.05) is 37.5 Å². The highest BCUT2D eigenvalue weighted by atomic mass is 16.5. The lowest BCUT2D eigenvalue weighted by atomic mass is 9.92. The molecule has 182 valence electrons. The predicted molar refractivity (Wildman–Crippen MR) is 144 cm³/mol. The number of aryl methyl sites for hydroxylation is 2. The smallest absolute Gasteiger partial charge is 0.161 e. The number of hydrogen-bond donors (Lipinski definition) is 1. The van der Waals surface area contributed by atoms with Crippen LogP contribution < -0.4 is 14.8 Å². The Balaban J connectivity index is 1.35. The second kappa shape index (κ2) is 10.8. The van der Waals surface area contributed by atoms with E-state index in [-0.39, 0.29) is 6.04 Å². The number of aromatic nitrogens is 2. The van der Waals surface area contributed by atoms with E-state index < -0.39 is 0 Å². The molecule has 5 nitrogen and oxygen atoms in total. The number of benzene rings is 3. The highest BCUT2D eigenvalue weighted by molar-refractivity contribution is 5.67. The summed E-state index contributed by atoms with van der Waals surface area (Å²) in [5, 5.41) is 3.64. The third kappa shape index (κ3) is 5.31. The van der Waals surface area contributed by atoms with Gasteiger partial charge in [-0.1, -0.05) is 60.7 Å². The summed E-state index contributed by atoms with van der Waals surface area (Å²) in [5.74, 6) is 2.32. The van der Waals surface area contributed by atoms with Crippen molar-refractivity contribution in [2.45, 2.75) is 32.9 Å². The fraction of sp³-hybridized carbons (Fsp3) is 0.226. The van der Waals surface area contributed by atoms with Gasteiger partial charge in [-0.15, -0.1) is 0 Å². The fourth-order valence-electron chi connectivity index (χ4n) is 4.56. The van der Waals surface area contributed by atoms with Crippen LogP contribution in [0.4, 0.5) is 0 Å². The number of ether oxygens (including phenoxy) is 2. The number of nitrogens with one attached hydrogen (secondary N) is 1. The minimum atomic E-state index is 0.107. The standard InChI is InChI=1S/C31H31N3O2/c1-21-15-25(27-18-33-22(2)34-19-27)10-9-24(21)11-12-29-28-17-30(35-3)31(16-26(28)13-14-32-29)36-20-23-7-5-4-6-8-23/h4-12,15-19,29,32H,13-14,20H2,1-3H3/b12-11+. The first-order chi connectivity index (χ1) is 17.6. The molecule has 1 unspecified atom stereocenters. The molecule has 5 rings (SSSR count). The second-order valence-electron chi connectivity index (χ2n) is 9.11. The first kappa shape index (κ1) is 23.8. The molecular formula is C31H31N3O2. The Bertz CT molecular complexity index is 1360. The van der Waals surface area contributed by atoms with Crippen LogP contribution in [0.2, 0.25) is 0 Å². The molecule has 1 aliphatic heterocycles. The zero-order valence-electron chi connectivity index (χ0n) is 21.0. The van der Waals surface area contributed by atoms with Crippen molar-refractivity contribution < 1.29 is 9.47 Å². The van der Waals surface area contributed by atoms with Crippen molar-refractivity contribution in [2.24, 2.45) is 0 Å². The molecule has 3 aromatic carbocycles. The van der Waals surface area contributed by atoms with Gasteiger partial charge in [-0.2, -0.15) is 0 Å². The van der Waals surface area contributed by atoms with Crippen LogP contribution in [0.5, 0.6) is 11.5 Å². The summed E-state index contributed by atoms with van der Waals surface area (Å²) in [6.07, 6.45) is 9.14. The summed E-state index contributed by atoms with van der Waals surface area (Å²) < 4.78 is 11.8. The van der Waals surface area contributed by atoms with Crippen molar-refractivity contribution in [3.8, 4) is 22.6 Å². The average molecular weight is 478 g/mol. The molecule has 4 aromatic rings. The van der Waals surface area contributed by atoms with Crippen molar-refractivity contribution in [3.05, 3.63) is 113 Å². The van der Waals surface area contributed by atoms with Crippen LogP contribution in [0.25, 0.3) is 17.2 Å². The largest absolute Gasteiger partial charge is 0.493 e. The van der Waals surface area contributed by atoms with Crippen LogP contribution in [0.15, 0.2) is 79.1 Å². The zero-order valence-corrected chi connectivity index (χ0v) is 21.0. The fourth-order valence-corrected chi connectivity index (χ4v) is 4.56. The van der Waals surface area contributed by atoms with Gasteiger partial charge in [-0.3, -0.25) is 0 Å². The highest BCUT2D eigenvalue weighted by Crippen LogP contribution is 2.36. The number of fused-ring (bicyclic) bond motifs is 1. The second-order valence-corrected chi connectivity index (χ2v) is 9.11. The molecule has 0 saturated heterocycles. The van der Waals surface area contributed by atoms with Gasteiger partial charge in [-0.05, 0) is 65.8 Å². The molecule has 0 bridgehead atoms. The van der Waals surface area contributed by atoms with E-state index >= 15 is 0 Å². The minimum absolute atomic E-state index is 0.107. The summed E-state index contributed by atoms with van der Waals surface area (Å²) >= 11 is 0. The van der Waals surface area contributed by atoms with Crippen LogP contribution in [0.1, 0.15) is 39.7 Å². The lowest BCUT2D eigenvalue weighted by molar-refractivity contribution is 0.283. The summed E-state index contributed by atoms with van der Waals surface area (Å²) in [6.45, 7) is 5.47. The molecule has 2 heterocycles. The topological polar surface area (TPSA) is 56.3 Å². The van der Waals surface area contributed by atoms with Crippen LogP contribution in [0.3, 0.4) is 0 Å². The molecular weight excluding hydrogens is 446 g/mol. The Morgan fingerprint density at radius 3 is 2.50 bits per heavy atom. The maximum absolute atomic E-state index is 6.14. The van der Waals surface area contributed by atoms with Gasteiger partial charge in [0.1, 0.15) is 12.4 Å². The van der Waals surface area contributed by atoms with E-state index in [2.05, 4.69) is 76.8 Å². The third-order valence-corrected chi connectivity index (χ3v) is 6.61. The third-order valence-electron chi connectivity index (χ3n) is 6.61. The average Bonchev–Trinajstić information content (AvgIpc) is 2.91. The van der Waals surface area contributed by atoms with Crippen molar-refractivity contribution in [1.29, 1.82) is 0 Å². The minimum Gasteiger partial charge on any atom is -0.493 e. The Morgan fingerprint density at radius 1 is 0.944 bits per heavy atom. The van der Waals surface area contributed by atoms with Gasteiger partial charge in [0.15, 0.2) is 11.5 Å². The number of nitrogens with zero attached hydrogens (tertiary/aromatic N) is 2. The molecule has 1 N–H and O–H groups in total. The van der Waals surface area contributed by atoms with Crippen molar-refractivity contribution in [3.63, 3.8) is 0 Å². The van der Waals surface area contributed by atoms with Gasteiger partial charge in [0.05, 0.1) is 13.2 Å². The summed E-state index contributed by atoms with van der Waals surface area (Å²) in [6, 6.07) is 21.0.